The molecule has 32 heavy (non-hydrogen) atoms. The molecule has 0 saturated carbocycles. The molecular formula is C27H19Cl2NS2. The number of aromatic nitrogens is 1. The van der Waals surface area contributed by atoms with Crippen molar-refractivity contribution in [2.24, 2.45) is 0 Å². The number of hydrogen-bond acceptors (Lipinski definition) is 2. The highest BCUT2D eigenvalue weighted by Gasteiger charge is 2.24. The molecule has 0 aliphatic heterocycles. The van der Waals surface area contributed by atoms with Crippen molar-refractivity contribution in [1.82, 2.24) is 4.98 Å². The molecule has 1 aromatic heterocycles. The van der Waals surface area contributed by atoms with Gasteiger partial charge in [0.2, 0.25) is 0 Å². The summed E-state index contributed by atoms with van der Waals surface area (Å²) in [6.45, 7) is 0. The van der Waals surface area contributed by atoms with Crippen LogP contribution in [0.5, 0.6) is 0 Å². The van der Waals surface area contributed by atoms with Crippen molar-refractivity contribution >= 4 is 57.6 Å². The van der Waals surface area contributed by atoms with Gasteiger partial charge in [0.25, 0.3) is 0 Å². The monoisotopic (exact) mass is 491 g/mol. The normalized spacial score (nSPS) is 12.2. The molecular weight excluding hydrogens is 473 g/mol. The van der Waals surface area contributed by atoms with Crippen LogP contribution in [0.1, 0.15) is 16.4 Å². The van der Waals surface area contributed by atoms with E-state index in [9.17, 15) is 0 Å². The molecule has 0 amide bonds. The number of halogens is 2. The topological polar surface area (TPSA) is 15.8 Å². The summed E-state index contributed by atoms with van der Waals surface area (Å²) in [7, 11) is 0. The van der Waals surface area contributed by atoms with Crippen molar-refractivity contribution in [2.45, 2.75) is 20.1 Å². The van der Waals surface area contributed by atoms with Crippen LogP contribution in [0.4, 0.5) is 0 Å². The SMILES string of the molecule is Clc1ccc(Sc2[nH]c3ccccc3c2C(Sc2ccc(Cl)cc2)c2ccccc2)cc1. The Kier molecular flexibility index (Phi) is 6.52. The molecule has 5 rings (SSSR count). The Balaban J connectivity index is 1.65. The van der Waals surface area contributed by atoms with Crippen molar-refractivity contribution in [3.8, 4) is 0 Å². The minimum absolute atomic E-state index is 0.114. The first-order valence-corrected chi connectivity index (χ1v) is 12.6. The number of fused-ring (bicyclic) bond motifs is 1. The van der Waals surface area contributed by atoms with Crippen molar-refractivity contribution in [1.29, 1.82) is 0 Å². The highest BCUT2D eigenvalue weighted by molar-refractivity contribution is 8.00. The van der Waals surface area contributed by atoms with Gasteiger partial charge in [-0.25, -0.2) is 0 Å². The first-order chi connectivity index (χ1) is 15.7. The molecule has 0 spiro atoms. The Bertz CT molecular complexity index is 1330. The lowest BCUT2D eigenvalue weighted by Gasteiger charge is -2.19. The van der Waals surface area contributed by atoms with Gasteiger partial charge in [-0.1, -0.05) is 83.5 Å². The van der Waals surface area contributed by atoms with Crippen molar-refractivity contribution in [3.05, 3.63) is 124 Å². The molecule has 0 aliphatic rings. The lowest BCUT2D eigenvalue weighted by atomic mass is 10.0. The van der Waals surface area contributed by atoms with Gasteiger partial charge in [0.15, 0.2) is 0 Å². The number of benzene rings is 4. The smallest absolute Gasteiger partial charge is 0.0828 e. The minimum atomic E-state index is 0.114. The molecule has 0 aliphatic carbocycles. The van der Waals surface area contributed by atoms with Gasteiger partial charge in [-0.2, -0.15) is 0 Å². The molecule has 1 heterocycles. The van der Waals surface area contributed by atoms with Crippen LogP contribution in [0.3, 0.4) is 0 Å². The van der Waals surface area contributed by atoms with E-state index in [0.29, 0.717) is 0 Å². The maximum Gasteiger partial charge on any atom is 0.0828 e. The zero-order chi connectivity index (χ0) is 21.9. The minimum Gasteiger partial charge on any atom is -0.349 e. The number of rotatable bonds is 6. The van der Waals surface area contributed by atoms with E-state index < -0.39 is 0 Å². The van der Waals surface area contributed by atoms with E-state index in [4.69, 9.17) is 23.2 Å². The van der Waals surface area contributed by atoms with Crippen LogP contribution < -0.4 is 0 Å². The van der Waals surface area contributed by atoms with Crippen LogP contribution >= 0.6 is 46.7 Å². The zero-order valence-electron chi connectivity index (χ0n) is 17.0. The zero-order valence-corrected chi connectivity index (χ0v) is 20.1. The van der Waals surface area contributed by atoms with E-state index in [0.717, 1.165) is 25.5 Å². The van der Waals surface area contributed by atoms with Crippen LogP contribution in [0, 0.1) is 0 Å². The van der Waals surface area contributed by atoms with Crippen molar-refractivity contribution < 1.29 is 0 Å². The first kappa shape index (κ1) is 21.5. The lowest BCUT2D eigenvalue weighted by Crippen LogP contribution is -1.98. The molecule has 1 atom stereocenters. The van der Waals surface area contributed by atoms with Crippen LogP contribution in [0.25, 0.3) is 10.9 Å². The summed E-state index contributed by atoms with van der Waals surface area (Å²) in [5.41, 5.74) is 3.68. The first-order valence-electron chi connectivity index (χ1n) is 10.2. The Morgan fingerprint density at radius 1 is 0.625 bits per heavy atom. The van der Waals surface area contributed by atoms with E-state index in [1.807, 2.05) is 36.0 Å². The fraction of sp³-hybridized carbons (Fsp3) is 0.0370. The summed E-state index contributed by atoms with van der Waals surface area (Å²) in [5.74, 6) is 0. The van der Waals surface area contributed by atoms with E-state index >= 15 is 0 Å². The average molecular weight is 492 g/mol. The number of para-hydroxylation sites is 1. The Hall–Kier alpha value is -2.30. The number of H-pyrrole nitrogens is 1. The molecule has 1 nitrogen and oxygen atoms in total. The maximum atomic E-state index is 6.14. The number of hydrogen-bond donors (Lipinski definition) is 1. The Morgan fingerprint density at radius 3 is 1.91 bits per heavy atom. The highest BCUT2D eigenvalue weighted by atomic mass is 35.5. The molecule has 0 fully saturated rings. The maximum absolute atomic E-state index is 6.14. The van der Waals surface area contributed by atoms with Gasteiger partial charge >= 0.3 is 0 Å². The van der Waals surface area contributed by atoms with E-state index in [2.05, 4.69) is 83.8 Å². The Labute approximate surface area is 206 Å². The molecule has 1 unspecified atom stereocenters. The fourth-order valence-electron chi connectivity index (χ4n) is 3.67. The second-order valence-corrected chi connectivity index (χ2v) is 10.5. The molecule has 5 heteroatoms. The predicted molar refractivity (Wildman–Crippen MR) is 139 cm³/mol. The summed E-state index contributed by atoms with van der Waals surface area (Å²) in [5, 5.41) is 3.98. The third-order valence-corrected chi connectivity index (χ3v) is 8.00. The van der Waals surface area contributed by atoms with Gasteiger partial charge in [-0.05, 0) is 60.2 Å². The second-order valence-electron chi connectivity index (χ2n) is 7.33. The molecule has 0 bridgehead atoms. The highest BCUT2D eigenvalue weighted by Crippen LogP contribution is 2.48. The molecule has 4 aromatic carbocycles. The standard InChI is InChI=1S/C27H19Cl2NS2/c28-19-10-14-21(15-11-19)31-26(18-6-2-1-3-7-18)25-23-8-4-5-9-24(23)30-27(25)32-22-16-12-20(29)13-17-22/h1-17,26,30H. The molecule has 1 N–H and O–H groups in total. The fourth-order valence-corrected chi connectivity index (χ4v) is 6.23. The van der Waals surface area contributed by atoms with Crippen molar-refractivity contribution in [3.63, 3.8) is 0 Å². The lowest BCUT2D eigenvalue weighted by molar-refractivity contribution is 1.07. The molecule has 5 aromatic rings. The van der Waals surface area contributed by atoms with Crippen LogP contribution in [0.15, 0.2) is 118 Å². The quantitative estimate of drug-likeness (QED) is 0.238. The van der Waals surface area contributed by atoms with E-state index in [-0.39, 0.29) is 5.25 Å². The molecule has 0 radical (unpaired) electrons. The van der Waals surface area contributed by atoms with Crippen LogP contribution in [-0.4, -0.2) is 4.98 Å². The van der Waals surface area contributed by atoms with E-state index in [1.54, 1.807) is 11.8 Å². The summed E-state index contributed by atoms with van der Waals surface area (Å²) in [4.78, 5) is 5.99. The third kappa shape index (κ3) is 4.72. The van der Waals surface area contributed by atoms with Crippen LogP contribution in [0.2, 0.25) is 10.0 Å². The molecule has 158 valence electrons. The Morgan fingerprint density at radius 2 is 1.22 bits per heavy atom. The van der Waals surface area contributed by atoms with Crippen molar-refractivity contribution in [2.75, 3.05) is 0 Å². The van der Waals surface area contributed by atoms with Gasteiger partial charge < -0.3 is 4.98 Å². The van der Waals surface area contributed by atoms with Gasteiger partial charge in [0.1, 0.15) is 0 Å². The largest absolute Gasteiger partial charge is 0.349 e. The second kappa shape index (κ2) is 9.68. The number of thioether (sulfide) groups is 1. The van der Waals surface area contributed by atoms with Gasteiger partial charge in [0, 0.05) is 36.3 Å². The third-order valence-electron chi connectivity index (χ3n) is 5.18. The van der Waals surface area contributed by atoms with Crippen LogP contribution in [-0.2, 0) is 0 Å². The average Bonchev–Trinajstić information content (AvgIpc) is 3.18. The van der Waals surface area contributed by atoms with Gasteiger partial charge in [-0.15, -0.1) is 11.8 Å². The summed E-state index contributed by atoms with van der Waals surface area (Å²) in [6, 6.07) is 35.2. The van der Waals surface area contributed by atoms with Gasteiger partial charge in [0.05, 0.1) is 10.3 Å². The number of nitrogens with one attached hydrogen (secondary N) is 1. The summed E-state index contributed by atoms with van der Waals surface area (Å²) in [6.07, 6.45) is 0. The molecule has 0 saturated heterocycles. The van der Waals surface area contributed by atoms with Gasteiger partial charge in [-0.3, -0.25) is 0 Å². The predicted octanol–water partition coefficient (Wildman–Crippen LogP) is 9.51. The summed E-state index contributed by atoms with van der Waals surface area (Å²) >= 11 is 15.8. The van der Waals surface area contributed by atoms with E-state index in [1.165, 1.54) is 21.4 Å². The summed E-state index contributed by atoms with van der Waals surface area (Å²) < 4.78 is 0. The number of aromatic amines is 1.